The minimum Gasteiger partial charge on any atom is -1.00 e. The van der Waals surface area contributed by atoms with E-state index in [1.807, 2.05) is 0 Å². The van der Waals surface area contributed by atoms with Gasteiger partial charge in [-0.25, -0.2) is 0 Å². The Hall–Kier alpha value is 1.17. The van der Waals surface area contributed by atoms with Crippen LogP contribution in [-0.4, -0.2) is 16.5 Å². The average molecular weight is 343 g/mol. The molecule has 1 rings (SSSR count). The number of nitrogens with zero attached hydrogens (tertiary/aromatic N) is 1. The van der Waals surface area contributed by atoms with Crippen molar-refractivity contribution in [1.29, 1.82) is 0 Å². The first-order chi connectivity index (χ1) is 6.29. The molecule has 0 bridgehead atoms. The molecule has 0 amide bonds. The fourth-order valence-electron chi connectivity index (χ4n) is 2.13. The van der Waals surface area contributed by atoms with Crippen molar-refractivity contribution in [2.75, 3.05) is 0 Å². The summed E-state index contributed by atoms with van der Waals surface area (Å²) in [4.78, 5) is 0. The molecule has 17 heavy (non-hydrogen) atoms. The minimum atomic E-state index is -1.33. The number of rotatable bonds is 4. The SMILES string of the molecule is C[Si](C)(C)[N-][Si](C)(C)CC1=CC=CC1.[Cl-].[Cl-].[Ti+3]. The van der Waals surface area contributed by atoms with E-state index < -0.39 is 16.5 Å². The molecular formula is C11H22Cl2NSi2Ti. The van der Waals surface area contributed by atoms with E-state index in [9.17, 15) is 0 Å². The van der Waals surface area contributed by atoms with Crippen LogP contribution in [-0.2, 0) is 21.7 Å². The van der Waals surface area contributed by atoms with Gasteiger partial charge in [0.15, 0.2) is 0 Å². The third kappa shape index (κ3) is 10.8. The second kappa shape index (κ2) is 9.13. The van der Waals surface area contributed by atoms with Crippen LogP contribution in [0.4, 0.5) is 0 Å². The molecule has 0 heterocycles. The van der Waals surface area contributed by atoms with Crippen LogP contribution in [0.1, 0.15) is 6.42 Å². The Kier molecular flexibility index (Phi) is 12.5. The van der Waals surface area contributed by atoms with Gasteiger partial charge in [0.05, 0.1) is 0 Å². The van der Waals surface area contributed by atoms with Crippen molar-refractivity contribution < 1.29 is 46.5 Å². The third-order valence-electron chi connectivity index (χ3n) is 2.15. The average Bonchev–Trinajstić information content (AvgIpc) is 2.31. The van der Waals surface area contributed by atoms with Crippen LogP contribution in [0.15, 0.2) is 23.8 Å². The zero-order valence-electron chi connectivity index (χ0n) is 11.3. The maximum absolute atomic E-state index is 5.11. The number of allylic oxidation sites excluding steroid dienone is 4. The maximum Gasteiger partial charge on any atom is 3.00 e. The van der Waals surface area contributed by atoms with E-state index in [0.29, 0.717) is 0 Å². The van der Waals surface area contributed by atoms with Gasteiger partial charge in [-0.1, -0.05) is 79.1 Å². The summed E-state index contributed by atoms with van der Waals surface area (Å²) < 4.78 is 5.11. The molecule has 1 aliphatic rings. The van der Waals surface area contributed by atoms with Gasteiger partial charge < -0.3 is 29.5 Å². The molecule has 0 spiro atoms. The van der Waals surface area contributed by atoms with Crippen LogP contribution in [0.25, 0.3) is 4.65 Å². The molecular weight excluding hydrogens is 321 g/mol. The van der Waals surface area contributed by atoms with Crippen molar-refractivity contribution in [1.82, 2.24) is 0 Å². The summed E-state index contributed by atoms with van der Waals surface area (Å²) in [5.74, 6) is 0. The Morgan fingerprint density at radius 2 is 1.65 bits per heavy atom. The first-order valence-corrected chi connectivity index (χ1v) is 12.0. The van der Waals surface area contributed by atoms with E-state index in [1.165, 1.54) is 6.04 Å². The zero-order chi connectivity index (χ0) is 10.8. The standard InChI is InChI=1S/C11H22NSi2.2ClH.Ti/c1-13(2,3)12-14(4,5)10-11-8-6-7-9-11;;;/h6-8H,9-10H2,1-5H3;2*1H;/q-1;;;+3/p-2. The van der Waals surface area contributed by atoms with Gasteiger partial charge in [0, 0.05) is 0 Å². The Morgan fingerprint density at radius 3 is 2.00 bits per heavy atom. The van der Waals surface area contributed by atoms with Gasteiger partial charge >= 0.3 is 21.7 Å². The van der Waals surface area contributed by atoms with Crippen LogP contribution in [0, 0.1) is 0 Å². The molecule has 0 unspecified atom stereocenters. The fourth-order valence-corrected chi connectivity index (χ4v) is 11.1. The van der Waals surface area contributed by atoms with E-state index in [2.05, 4.69) is 51.0 Å². The van der Waals surface area contributed by atoms with Gasteiger partial charge in [-0.15, -0.1) is 0 Å². The van der Waals surface area contributed by atoms with E-state index in [0.717, 1.165) is 6.42 Å². The summed E-state index contributed by atoms with van der Waals surface area (Å²) in [6.45, 7) is 11.8. The largest absolute Gasteiger partial charge is 3.00 e. The predicted molar refractivity (Wildman–Crippen MR) is 70.8 cm³/mol. The molecule has 0 N–H and O–H groups in total. The monoisotopic (exact) mass is 342 g/mol. The fraction of sp³-hybridized carbons (Fsp3) is 0.636. The second-order valence-electron chi connectivity index (χ2n) is 5.73. The maximum atomic E-state index is 5.11. The Bertz CT molecular complexity index is 273. The van der Waals surface area contributed by atoms with Crippen LogP contribution in [0.2, 0.25) is 38.8 Å². The summed E-state index contributed by atoms with van der Waals surface area (Å²) >= 11 is 0. The normalized spacial score (nSPS) is 14.3. The van der Waals surface area contributed by atoms with Gasteiger partial charge in [-0.05, 0) is 6.42 Å². The van der Waals surface area contributed by atoms with Gasteiger partial charge in [-0.3, -0.25) is 0 Å². The second-order valence-corrected chi connectivity index (χ2v) is 14.9. The molecule has 0 atom stereocenters. The molecule has 1 aliphatic carbocycles. The minimum absolute atomic E-state index is 0. The third-order valence-corrected chi connectivity index (χ3v) is 8.57. The first kappa shape index (κ1) is 23.3. The molecule has 1 nitrogen and oxygen atoms in total. The Balaban J connectivity index is -0.000000653. The van der Waals surface area contributed by atoms with Crippen molar-refractivity contribution in [2.45, 2.75) is 45.2 Å². The molecule has 97 valence electrons. The smallest absolute Gasteiger partial charge is 1.00 e. The van der Waals surface area contributed by atoms with Crippen molar-refractivity contribution in [3.8, 4) is 0 Å². The first-order valence-electron chi connectivity index (χ1n) is 5.37. The van der Waals surface area contributed by atoms with Crippen molar-refractivity contribution >= 4 is 16.5 Å². The van der Waals surface area contributed by atoms with E-state index in [-0.39, 0.29) is 46.5 Å². The van der Waals surface area contributed by atoms with Crippen LogP contribution in [0.3, 0.4) is 0 Å². The molecule has 0 saturated heterocycles. The van der Waals surface area contributed by atoms with Crippen LogP contribution < -0.4 is 24.8 Å². The molecule has 0 aromatic carbocycles. The summed E-state index contributed by atoms with van der Waals surface area (Å²) in [6, 6.07) is 1.25. The Labute approximate surface area is 136 Å². The predicted octanol–water partition coefficient (Wildman–Crippen LogP) is -1.71. The number of hydrogen-bond acceptors (Lipinski definition) is 0. The zero-order valence-corrected chi connectivity index (χ0v) is 16.4. The number of hydrogen-bond donors (Lipinski definition) is 0. The topological polar surface area (TPSA) is 14.1 Å². The van der Waals surface area contributed by atoms with Crippen molar-refractivity contribution in [2.24, 2.45) is 0 Å². The molecule has 0 fully saturated rings. The summed E-state index contributed by atoms with van der Waals surface area (Å²) in [5, 5.41) is 0. The van der Waals surface area contributed by atoms with Crippen LogP contribution in [0.5, 0.6) is 0 Å². The molecule has 6 heteroatoms. The van der Waals surface area contributed by atoms with Gasteiger partial charge in [-0.2, -0.15) is 0 Å². The summed E-state index contributed by atoms with van der Waals surface area (Å²) in [5.41, 5.74) is 1.59. The van der Waals surface area contributed by atoms with E-state index in [4.69, 9.17) is 4.65 Å². The van der Waals surface area contributed by atoms with Crippen molar-refractivity contribution in [3.63, 3.8) is 0 Å². The van der Waals surface area contributed by atoms with E-state index >= 15 is 0 Å². The van der Waals surface area contributed by atoms with Crippen LogP contribution >= 0.6 is 0 Å². The van der Waals surface area contributed by atoms with E-state index in [1.54, 1.807) is 5.57 Å². The molecule has 0 saturated carbocycles. The molecule has 0 aliphatic heterocycles. The van der Waals surface area contributed by atoms with Gasteiger partial charge in [0.2, 0.25) is 0 Å². The van der Waals surface area contributed by atoms with Gasteiger partial charge in [0.25, 0.3) is 0 Å². The molecule has 1 radical (unpaired) electrons. The Morgan fingerprint density at radius 1 is 1.12 bits per heavy atom. The molecule has 0 aromatic rings. The quantitative estimate of drug-likeness (QED) is 0.540. The number of halogens is 2. The molecule has 0 aromatic heterocycles. The van der Waals surface area contributed by atoms with Crippen molar-refractivity contribution in [3.05, 3.63) is 28.4 Å². The summed E-state index contributed by atoms with van der Waals surface area (Å²) in [7, 11) is -2.55. The summed E-state index contributed by atoms with van der Waals surface area (Å²) in [6.07, 6.45) is 7.86. The van der Waals surface area contributed by atoms with Gasteiger partial charge in [0.1, 0.15) is 0 Å².